The molecule has 0 spiro atoms. The Balaban J connectivity index is 1.64. The molecule has 0 aliphatic rings. The number of hydrogen-bond acceptors (Lipinski definition) is 3. The molecule has 0 aliphatic heterocycles. The van der Waals surface area contributed by atoms with Crippen LogP contribution in [-0.4, -0.2) is 24.1 Å². The van der Waals surface area contributed by atoms with Crippen molar-refractivity contribution in [3.8, 4) is 0 Å². The lowest BCUT2D eigenvalue weighted by molar-refractivity contribution is 0.585. The second kappa shape index (κ2) is 9.93. The van der Waals surface area contributed by atoms with Gasteiger partial charge in [-0.3, -0.25) is 9.79 Å². The van der Waals surface area contributed by atoms with E-state index in [-0.39, 0.29) is 5.56 Å². The van der Waals surface area contributed by atoms with Gasteiger partial charge in [-0.2, -0.15) is 0 Å². The Labute approximate surface area is 147 Å². The van der Waals surface area contributed by atoms with E-state index in [0.717, 1.165) is 44.9 Å². The number of guanidine groups is 1. The molecule has 2 rings (SSSR count). The lowest BCUT2D eigenvalue weighted by atomic mass is 10.3. The fourth-order valence-electron chi connectivity index (χ4n) is 2.36. The zero-order valence-corrected chi connectivity index (χ0v) is 15.2. The molecule has 24 heavy (non-hydrogen) atoms. The van der Waals surface area contributed by atoms with Crippen LogP contribution >= 0.6 is 11.3 Å². The molecule has 0 radical (unpaired) electrons. The fourth-order valence-corrected chi connectivity index (χ4v) is 3.26. The predicted molar refractivity (Wildman–Crippen MR) is 102 cm³/mol. The summed E-state index contributed by atoms with van der Waals surface area (Å²) >= 11 is 1.84. The number of aromatic nitrogens is 1. The van der Waals surface area contributed by atoms with Gasteiger partial charge in [-0.15, -0.1) is 11.3 Å². The molecule has 0 bridgehead atoms. The van der Waals surface area contributed by atoms with Crippen LogP contribution in [0.15, 0.2) is 46.3 Å². The summed E-state index contributed by atoms with van der Waals surface area (Å²) < 4.78 is 1.75. The molecule has 0 aliphatic carbocycles. The van der Waals surface area contributed by atoms with E-state index >= 15 is 0 Å². The van der Waals surface area contributed by atoms with Crippen molar-refractivity contribution in [3.05, 3.63) is 56.6 Å². The number of thiophene rings is 1. The van der Waals surface area contributed by atoms with Crippen LogP contribution in [0.1, 0.15) is 29.5 Å². The van der Waals surface area contributed by atoms with E-state index in [0.29, 0.717) is 0 Å². The topological polar surface area (TPSA) is 58.4 Å². The highest BCUT2D eigenvalue weighted by Gasteiger charge is 2.01. The number of rotatable bonds is 8. The van der Waals surface area contributed by atoms with Gasteiger partial charge in [0.25, 0.3) is 0 Å². The normalized spacial score (nSPS) is 11.5. The van der Waals surface area contributed by atoms with Gasteiger partial charge < -0.3 is 15.2 Å². The second-order valence-corrected chi connectivity index (χ2v) is 6.77. The van der Waals surface area contributed by atoms with Crippen molar-refractivity contribution in [3.63, 3.8) is 0 Å². The van der Waals surface area contributed by atoms with E-state index in [1.807, 2.05) is 23.6 Å². The summed E-state index contributed by atoms with van der Waals surface area (Å²) in [6, 6.07) is 9.61. The monoisotopic (exact) mass is 346 g/mol. The van der Waals surface area contributed by atoms with Gasteiger partial charge in [0.2, 0.25) is 5.56 Å². The molecular formula is C18H26N4OS. The van der Waals surface area contributed by atoms with Gasteiger partial charge in [0.1, 0.15) is 0 Å². The lowest BCUT2D eigenvalue weighted by Gasteiger charge is -2.11. The first-order chi connectivity index (χ1) is 11.7. The lowest BCUT2D eigenvalue weighted by Crippen LogP contribution is -2.37. The summed E-state index contributed by atoms with van der Waals surface area (Å²) in [7, 11) is 1.78. The highest BCUT2D eigenvalue weighted by molar-refractivity contribution is 7.11. The summed E-state index contributed by atoms with van der Waals surface area (Å²) in [6.45, 7) is 4.56. The van der Waals surface area contributed by atoms with Gasteiger partial charge in [0, 0.05) is 42.2 Å². The number of aliphatic imine (C=N–C) groups is 1. The summed E-state index contributed by atoms with van der Waals surface area (Å²) in [5.41, 5.74) is 0.0605. The molecule has 130 valence electrons. The summed E-state index contributed by atoms with van der Waals surface area (Å²) in [4.78, 5) is 18.6. The molecule has 0 amide bonds. The predicted octanol–water partition coefficient (Wildman–Crippen LogP) is 2.62. The van der Waals surface area contributed by atoms with Crippen LogP contribution in [0, 0.1) is 0 Å². The largest absolute Gasteiger partial charge is 0.356 e. The van der Waals surface area contributed by atoms with E-state index in [1.165, 1.54) is 9.75 Å². The zero-order valence-electron chi connectivity index (χ0n) is 14.4. The second-order valence-electron chi connectivity index (χ2n) is 5.51. The third kappa shape index (κ3) is 5.85. The average Bonchev–Trinajstić information content (AvgIpc) is 3.07. The Hall–Kier alpha value is -2.08. The van der Waals surface area contributed by atoms with Gasteiger partial charge in [-0.05, 0) is 37.5 Å². The van der Waals surface area contributed by atoms with Crippen molar-refractivity contribution in [2.24, 2.45) is 4.99 Å². The molecule has 0 aromatic carbocycles. The number of hydrogen-bond donors (Lipinski definition) is 2. The van der Waals surface area contributed by atoms with Crippen LogP contribution in [0.4, 0.5) is 0 Å². The molecule has 2 aromatic rings. The highest BCUT2D eigenvalue weighted by atomic mass is 32.1. The summed E-state index contributed by atoms with van der Waals surface area (Å²) in [6.07, 6.45) is 4.86. The maximum absolute atomic E-state index is 11.6. The maximum atomic E-state index is 11.6. The molecule has 0 saturated heterocycles. The zero-order chi connectivity index (χ0) is 17.2. The molecule has 6 heteroatoms. The number of nitrogens with zero attached hydrogens (tertiary/aromatic N) is 2. The van der Waals surface area contributed by atoms with Crippen LogP contribution < -0.4 is 16.2 Å². The van der Waals surface area contributed by atoms with Crippen molar-refractivity contribution in [1.82, 2.24) is 15.2 Å². The Morgan fingerprint density at radius 2 is 2.00 bits per heavy atom. The molecule has 0 saturated carbocycles. The summed E-state index contributed by atoms with van der Waals surface area (Å²) in [5.74, 6) is 0.818. The van der Waals surface area contributed by atoms with Gasteiger partial charge >= 0.3 is 0 Å². The molecule has 0 unspecified atom stereocenters. The van der Waals surface area contributed by atoms with Gasteiger partial charge in [-0.1, -0.05) is 13.0 Å². The number of nitrogens with one attached hydrogen (secondary N) is 2. The standard InChI is InChI=1S/C18H26N4OS/c1-3-15-9-10-16(24-15)14-21-18(19-2)20-11-5-7-13-22-12-6-4-8-17(22)23/h4,6,8-10,12H,3,5,7,11,13-14H2,1-2H3,(H2,19,20,21). The van der Waals surface area contributed by atoms with E-state index in [4.69, 9.17) is 0 Å². The van der Waals surface area contributed by atoms with Gasteiger partial charge in [0.05, 0.1) is 6.54 Å². The smallest absolute Gasteiger partial charge is 0.250 e. The van der Waals surface area contributed by atoms with E-state index < -0.39 is 0 Å². The van der Waals surface area contributed by atoms with Crippen molar-refractivity contribution >= 4 is 17.3 Å². The molecule has 5 nitrogen and oxygen atoms in total. The Morgan fingerprint density at radius 3 is 2.71 bits per heavy atom. The Morgan fingerprint density at radius 1 is 1.17 bits per heavy atom. The number of unbranched alkanes of at least 4 members (excludes halogenated alkanes) is 1. The quantitative estimate of drug-likeness (QED) is 0.439. The minimum atomic E-state index is 0.0605. The van der Waals surface area contributed by atoms with Crippen molar-refractivity contribution < 1.29 is 0 Å². The first kappa shape index (κ1) is 18.3. The van der Waals surface area contributed by atoms with Gasteiger partial charge in [-0.25, -0.2) is 0 Å². The minimum absolute atomic E-state index is 0.0605. The van der Waals surface area contributed by atoms with Crippen LogP contribution in [0.2, 0.25) is 0 Å². The molecule has 0 fully saturated rings. The van der Waals surface area contributed by atoms with Gasteiger partial charge in [0.15, 0.2) is 5.96 Å². The average molecular weight is 346 g/mol. The SMILES string of the molecule is CCc1ccc(CNC(=NC)NCCCCn2ccccc2=O)s1. The van der Waals surface area contributed by atoms with Crippen molar-refractivity contribution in [2.45, 2.75) is 39.3 Å². The molecule has 2 aromatic heterocycles. The number of aryl methyl sites for hydroxylation is 2. The highest BCUT2D eigenvalue weighted by Crippen LogP contribution is 2.16. The first-order valence-electron chi connectivity index (χ1n) is 8.40. The van der Waals surface area contributed by atoms with E-state index in [2.05, 4.69) is 34.7 Å². The molecule has 2 N–H and O–H groups in total. The van der Waals surface area contributed by atoms with Crippen LogP contribution in [0.5, 0.6) is 0 Å². The Bertz CT molecular complexity index is 705. The van der Waals surface area contributed by atoms with Crippen LogP contribution in [0.3, 0.4) is 0 Å². The maximum Gasteiger partial charge on any atom is 0.250 e. The van der Waals surface area contributed by atoms with Crippen LogP contribution in [-0.2, 0) is 19.5 Å². The Kier molecular flexibility index (Phi) is 7.55. The number of pyridine rings is 1. The molecule has 2 heterocycles. The van der Waals surface area contributed by atoms with E-state index in [1.54, 1.807) is 23.7 Å². The molecular weight excluding hydrogens is 320 g/mol. The van der Waals surface area contributed by atoms with E-state index in [9.17, 15) is 4.79 Å². The first-order valence-corrected chi connectivity index (χ1v) is 9.22. The third-order valence-electron chi connectivity index (χ3n) is 3.74. The third-order valence-corrected chi connectivity index (χ3v) is 4.97. The van der Waals surface area contributed by atoms with Crippen LogP contribution in [0.25, 0.3) is 0 Å². The fraction of sp³-hybridized carbons (Fsp3) is 0.444. The minimum Gasteiger partial charge on any atom is -0.356 e. The van der Waals surface area contributed by atoms with Crippen molar-refractivity contribution in [1.29, 1.82) is 0 Å². The molecule has 0 atom stereocenters. The van der Waals surface area contributed by atoms with Crippen molar-refractivity contribution in [2.75, 3.05) is 13.6 Å². The summed E-state index contributed by atoms with van der Waals surface area (Å²) in [5, 5.41) is 6.65.